The van der Waals surface area contributed by atoms with E-state index >= 15 is 0 Å². The number of hydrogen-bond donors (Lipinski definition) is 1. The van der Waals surface area contributed by atoms with Gasteiger partial charge in [0, 0.05) is 6.54 Å². The van der Waals surface area contributed by atoms with Crippen LogP contribution in [-0.4, -0.2) is 30.4 Å². The lowest BCUT2D eigenvalue weighted by molar-refractivity contribution is 0.0527. The fraction of sp³-hybridized carbons (Fsp3) is 0.818. The fourth-order valence-electron chi connectivity index (χ4n) is 1.19. The van der Waals surface area contributed by atoms with Crippen LogP contribution in [-0.2, 0) is 4.74 Å². The molecule has 0 aromatic rings. The third-order valence-corrected chi connectivity index (χ3v) is 7.36. The van der Waals surface area contributed by atoms with Gasteiger partial charge in [0.1, 0.15) is 14.4 Å². The summed E-state index contributed by atoms with van der Waals surface area (Å²) >= 11 is 1.89. The summed E-state index contributed by atoms with van der Waals surface area (Å²) in [5.74, 6) is 0. The topological polar surface area (TPSA) is 55.4 Å². The normalized spacial score (nSPS) is 13.0. The Labute approximate surface area is 119 Å². The molecule has 1 atom stereocenters. The average Bonchev–Trinajstić information content (AvgIpc) is 2.13. The zero-order valence-electron chi connectivity index (χ0n) is 11.0. The molecule has 0 saturated carbocycles. The van der Waals surface area contributed by atoms with Gasteiger partial charge >= 0.3 is 6.09 Å². The van der Waals surface area contributed by atoms with Crippen molar-refractivity contribution in [2.24, 2.45) is 0 Å². The lowest BCUT2D eigenvalue weighted by Crippen LogP contribution is -2.33. The van der Waals surface area contributed by atoms with Gasteiger partial charge in [0.15, 0.2) is 3.41 Å². The molecule has 0 aliphatic carbocycles. The number of halogens is 1. The molecule has 1 amide bonds. The van der Waals surface area contributed by atoms with Crippen molar-refractivity contribution in [2.45, 2.75) is 51.8 Å². The first-order valence-electron chi connectivity index (χ1n) is 5.88. The average molecular weight is 371 g/mol. The number of carbonyl (C=O) groups excluding carboxylic acids is 2. The zero-order valence-corrected chi connectivity index (χ0v) is 14.3. The molecule has 0 aliphatic rings. The van der Waals surface area contributed by atoms with Gasteiger partial charge in [0.05, 0.1) is 0 Å². The van der Waals surface area contributed by atoms with Crippen molar-refractivity contribution in [3.8, 4) is 0 Å². The molecule has 0 aromatic carbocycles. The summed E-state index contributed by atoms with van der Waals surface area (Å²) < 4.78 is 5.44. The quantitative estimate of drug-likeness (QED) is 0.337. The van der Waals surface area contributed by atoms with Gasteiger partial charge < -0.3 is 10.1 Å². The molecule has 6 heteroatoms. The molecule has 17 heavy (non-hydrogen) atoms. The van der Waals surface area contributed by atoms with E-state index < -0.39 is 14.4 Å². The van der Waals surface area contributed by atoms with Gasteiger partial charge in [0.2, 0.25) is 0 Å². The van der Waals surface area contributed by atoms with Gasteiger partial charge in [-0.1, -0.05) is 19.0 Å². The van der Waals surface area contributed by atoms with E-state index in [0.717, 1.165) is 18.9 Å². The molecule has 0 spiro atoms. The molecule has 0 unspecified atom stereocenters. The smallest absolute Gasteiger partial charge is 0.407 e. The summed E-state index contributed by atoms with van der Waals surface area (Å²) in [5, 5.41) is 2.71. The summed E-state index contributed by atoms with van der Waals surface area (Å²) in [6.07, 6.45) is 1.53. The maximum absolute atomic E-state index is 11.3. The molecule has 1 N–H and O–H groups in total. The standard InChI is InChI=1S/C11H22INO3Si/c1-11(2,3)16-10(15)13-7-5-6-8-17(4)9(12)14/h17H,5-8H2,1-4H3,(H,13,15)/t17-/m0/s1. The van der Waals surface area contributed by atoms with Crippen LogP contribution in [0.1, 0.15) is 33.6 Å². The summed E-state index contributed by atoms with van der Waals surface area (Å²) in [6.45, 7) is 8.20. The first kappa shape index (κ1) is 16.9. The first-order chi connectivity index (χ1) is 7.72. The van der Waals surface area contributed by atoms with Crippen molar-refractivity contribution < 1.29 is 14.3 Å². The molecule has 0 aromatic heterocycles. The van der Waals surface area contributed by atoms with Gasteiger partial charge in [-0.15, -0.1) is 0 Å². The van der Waals surface area contributed by atoms with Gasteiger partial charge in [-0.2, -0.15) is 0 Å². The Bertz CT molecular complexity index is 266. The minimum Gasteiger partial charge on any atom is -0.444 e. The number of unbranched alkanes of at least 4 members (excludes halogenated alkanes) is 1. The van der Waals surface area contributed by atoms with Gasteiger partial charge in [-0.05, 0) is 49.8 Å². The Morgan fingerprint density at radius 3 is 2.35 bits per heavy atom. The summed E-state index contributed by atoms with van der Waals surface area (Å²) in [5.41, 5.74) is -0.445. The summed E-state index contributed by atoms with van der Waals surface area (Å²) in [7, 11) is -1.17. The molecular formula is C11H22INO3Si. The van der Waals surface area contributed by atoms with E-state index in [4.69, 9.17) is 4.74 Å². The number of amides is 1. The summed E-state index contributed by atoms with van der Waals surface area (Å²) in [4.78, 5) is 22.3. The second-order valence-corrected chi connectivity index (χ2v) is 10.3. The van der Waals surface area contributed by atoms with Gasteiger partial charge in [-0.3, -0.25) is 4.79 Å². The zero-order chi connectivity index (χ0) is 13.5. The monoisotopic (exact) mass is 371 g/mol. The van der Waals surface area contributed by atoms with E-state index in [1.54, 1.807) is 0 Å². The first-order valence-corrected chi connectivity index (χ1v) is 9.51. The summed E-state index contributed by atoms with van der Waals surface area (Å²) in [6, 6.07) is 1.01. The number of ether oxygens (including phenoxy) is 1. The Kier molecular flexibility index (Phi) is 8.02. The third kappa shape index (κ3) is 10.7. The predicted octanol–water partition coefficient (Wildman–Crippen LogP) is 3.28. The maximum atomic E-state index is 11.3. The highest BCUT2D eigenvalue weighted by Crippen LogP contribution is 2.08. The van der Waals surface area contributed by atoms with Gasteiger partial charge in [-0.25, -0.2) is 4.79 Å². The van der Waals surface area contributed by atoms with Crippen LogP contribution in [0.15, 0.2) is 0 Å². The Morgan fingerprint density at radius 2 is 1.88 bits per heavy atom. The Morgan fingerprint density at radius 1 is 1.29 bits per heavy atom. The highest BCUT2D eigenvalue weighted by atomic mass is 127. The van der Waals surface area contributed by atoms with Crippen molar-refractivity contribution in [1.82, 2.24) is 5.32 Å². The number of nitrogens with one attached hydrogen (secondary N) is 1. The highest BCUT2D eigenvalue weighted by molar-refractivity contribution is 14.1. The van der Waals surface area contributed by atoms with Crippen LogP contribution in [0.5, 0.6) is 0 Å². The van der Waals surface area contributed by atoms with Crippen molar-refractivity contribution in [3.05, 3.63) is 0 Å². The van der Waals surface area contributed by atoms with Crippen LogP contribution >= 0.6 is 22.6 Å². The van der Waals surface area contributed by atoms with Crippen LogP contribution < -0.4 is 5.32 Å². The molecule has 4 nitrogen and oxygen atoms in total. The molecule has 0 saturated heterocycles. The number of carbonyl (C=O) groups is 2. The largest absolute Gasteiger partial charge is 0.444 e. The van der Waals surface area contributed by atoms with Crippen LogP contribution in [0.2, 0.25) is 12.6 Å². The third-order valence-electron chi connectivity index (χ3n) is 2.12. The lowest BCUT2D eigenvalue weighted by atomic mass is 10.2. The van der Waals surface area contributed by atoms with Crippen LogP contribution in [0.3, 0.4) is 0 Å². The number of hydrogen-bond acceptors (Lipinski definition) is 3. The number of alkyl carbamates (subject to hydrolysis) is 1. The van der Waals surface area contributed by atoms with Crippen molar-refractivity contribution in [2.75, 3.05) is 6.54 Å². The molecule has 0 bridgehead atoms. The van der Waals surface area contributed by atoms with Gasteiger partial charge in [0.25, 0.3) is 0 Å². The Balaban J connectivity index is 3.52. The minimum atomic E-state index is -1.17. The van der Waals surface area contributed by atoms with Crippen molar-refractivity contribution >= 4 is 40.9 Å². The van der Waals surface area contributed by atoms with E-state index in [1.165, 1.54) is 0 Å². The second kappa shape index (κ2) is 8.07. The Hall–Kier alpha value is -0.113. The molecule has 0 rings (SSSR count). The maximum Gasteiger partial charge on any atom is 0.407 e. The minimum absolute atomic E-state index is 0.336. The van der Waals surface area contributed by atoms with Crippen molar-refractivity contribution in [1.29, 1.82) is 0 Å². The lowest BCUT2D eigenvalue weighted by Gasteiger charge is -2.19. The number of rotatable bonds is 6. The highest BCUT2D eigenvalue weighted by Gasteiger charge is 2.15. The van der Waals surface area contributed by atoms with Crippen LogP contribution in [0.25, 0.3) is 0 Å². The molecule has 0 heterocycles. The SMILES string of the molecule is C[Si@@H](CCCCNC(=O)OC(C)(C)C)C(=O)I. The second-order valence-electron chi connectivity index (χ2n) is 5.13. The van der Waals surface area contributed by atoms with E-state index in [1.807, 2.05) is 43.4 Å². The fourth-order valence-corrected chi connectivity index (χ4v) is 3.26. The van der Waals surface area contributed by atoms with E-state index in [9.17, 15) is 9.59 Å². The van der Waals surface area contributed by atoms with E-state index in [2.05, 4.69) is 11.9 Å². The van der Waals surface area contributed by atoms with E-state index in [0.29, 0.717) is 9.96 Å². The van der Waals surface area contributed by atoms with E-state index in [-0.39, 0.29) is 6.09 Å². The molecule has 0 radical (unpaired) electrons. The predicted molar refractivity (Wildman–Crippen MR) is 80.7 cm³/mol. The van der Waals surface area contributed by atoms with Crippen molar-refractivity contribution in [3.63, 3.8) is 0 Å². The molecule has 0 fully saturated rings. The van der Waals surface area contributed by atoms with Crippen LogP contribution in [0, 0.1) is 0 Å². The molecule has 0 aliphatic heterocycles. The molecular weight excluding hydrogens is 349 g/mol. The molecule has 100 valence electrons. The van der Waals surface area contributed by atoms with Crippen LogP contribution in [0.4, 0.5) is 9.59 Å².